The predicted molar refractivity (Wildman–Crippen MR) is 94.7 cm³/mol. The van der Waals surface area contributed by atoms with Crippen LogP contribution in [0, 0.1) is 13.8 Å². The number of ether oxygens (including phenoxy) is 1. The van der Waals surface area contributed by atoms with Gasteiger partial charge in [-0.05, 0) is 44.0 Å². The SMILES string of the molecule is Cc1n[nH]c(C)c1CCN(C)C(=O)c1cc(Cl)ccc1OCCN. The highest BCUT2D eigenvalue weighted by atomic mass is 35.5. The number of aromatic amines is 1. The lowest BCUT2D eigenvalue weighted by Crippen LogP contribution is -2.29. The summed E-state index contributed by atoms with van der Waals surface area (Å²) < 4.78 is 5.56. The van der Waals surface area contributed by atoms with Crippen molar-refractivity contribution in [3.8, 4) is 5.75 Å². The first-order valence-electron chi connectivity index (χ1n) is 7.82. The molecule has 6 nitrogen and oxygen atoms in total. The molecule has 130 valence electrons. The highest BCUT2D eigenvalue weighted by molar-refractivity contribution is 6.31. The van der Waals surface area contributed by atoms with Gasteiger partial charge in [0.2, 0.25) is 0 Å². The lowest BCUT2D eigenvalue weighted by atomic mass is 10.1. The van der Waals surface area contributed by atoms with Crippen LogP contribution in [0.4, 0.5) is 0 Å². The van der Waals surface area contributed by atoms with E-state index < -0.39 is 0 Å². The Hall–Kier alpha value is -2.05. The Kier molecular flexibility index (Phi) is 6.23. The van der Waals surface area contributed by atoms with Gasteiger partial charge in [-0.15, -0.1) is 0 Å². The van der Waals surface area contributed by atoms with Crippen LogP contribution < -0.4 is 10.5 Å². The molecule has 2 aromatic rings. The quantitative estimate of drug-likeness (QED) is 0.802. The number of aryl methyl sites for hydroxylation is 2. The summed E-state index contributed by atoms with van der Waals surface area (Å²) in [5.74, 6) is 0.362. The standard InChI is InChI=1S/C17H23ClN4O2/c1-11-14(12(2)21-20-11)6-8-22(3)17(23)15-10-13(18)4-5-16(15)24-9-7-19/h4-5,10H,6-9,19H2,1-3H3,(H,20,21). The molecule has 1 aromatic carbocycles. The first kappa shape index (κ1) is 18.3. The molecule has 24 heavy (non-hydrogen) atoms. The van der Waals surface area contributed by atoms with Crippen molar-refractivity contribution >= 4 is 17.5 Å². The highest BCUT2D eigenvalue weighted by Crippen LogP contribution is 2.24. The van der Waals surface area contributed by atoms with Crippen LogP contribution in [-0.2, 0) is 6.42 Å². The van der Waals surface area contributed by atoms with Gasteiger partial charge in [-0.2, -0.15) is 5.10 Å². The zero-order valence-corrected chi connectivity index (χ0v) is 15.0. The van der Waals surface area contributed by atoms with Crippen LogP contribution >= 0.6 is 11.6 Å². The Morgan fingerprint density at radius 2 is 2.17 bits per heavy atom. The minimum atomic E-state index is -0.136. The number of nitrogens with two attached hydrogens (primary N) is 1. The minimum absolute atomic E-state index is 0.136. The van der Waals surface area contributed by atoms with Gasteiger partial charge in [0, 0.05) is 30.9 Å². The molecule has 0 fully saturated rings. The summed E-state index contributed by atoms with van der Waals surface area (Å²) in [6.07, 6.45) is 0.732. The van der Waals surface area contributed by atoms with E-state index in [1.807, 2.05) is 13.8 Å². The Bertz CT molecular complexity index is 695. The first-order valence-corrected chi connectivity index (χ1v) is 8.20. The largest absolute Gasteiger partial charge is 0.491 e. The smallest absolute Gasteiger partial charge is 0.257 e. The molecule has 0 saturated heterocycles. The fourth-order valence-corrected chi connectivity index (χ4v) is 2.67. The molecule has 0 spiro atoms. The third-order valence-corrected chi connectivity index (χ3v) is 4.11. The average Bonchev–Trinajstić information content (AvgIpc) is 2.89. The molecule has 1 amide bonds. The van der Waals surface area contributed by atoms with E-state index >= 15 is 0 Å². The van der Waals surface area contributed by atoms with Crippen LogP contribution in [0.5, 0.6) is 5.75 Å². The fourth-order valence-electron chi connectivity index (χ4n) is 2.49. The van der Waals surface area contributed by atoms with Crippen molar-refractivity contribution in [1.29, 1.82) is 0 Å². The van der Waals surface area contributed by atoms with Crippen molar-refractivity contribution in [2.75, 3.05) is 26.7 Å². The van der Waals surface area contributed by atoms with Gasteiger partial charge in [0.1, 0.15) is 12.4 Å². The zero-order valence-electron chi connectivity index (χ0n) is 14.2. The van der Waals surface area contributed by atoms with E-state index in [1.54, 1.807) is 30.1 Å². The number of nitrogens with one attached hydrogen (secondary N) is 1. The van der Waals surface area contributed by atoms with Gasteiger partial charge in [-0.3, -0.25) is 9.89 Å². The summed E-state index contributed by atoms with van der Waals surface area (Å²) in [5.41, 5.74) is 9.04. The molecule has 2 rings (SSSR count). The lowest BCUT2D eigenvalue weighted by Gasteiger charge is -2.19. The van der Waals surface area contributed by atoms with E-state index in [2.05, 4.69) is 10.2 Å². The third kappa shape index (κ3) is 4.27. The number of rotatable bonds is 7. The number of likely N-dealkylation sites (N-methyl/N-ethyl adjacent to an activating group) is 1. The van der Waals surface area contributed by atoms with Crippen molar-refractivity contribution < 1.29 is 9.53 Å². The van der Waals surface area contributed by atoms with Crippen LogP contribution in [0.1, 0.15) is 27.3 Å². The number of carbonyl (C=O) groups excluding carboxylic acids is 1. The lowest BCUT2D eigenvalue weighted by molar-refractivity contribution is 0.0792. The Morgan fingerprint density at radius 3 is 2.79 bits per heavy atom. The predicted octanol–water partition coefficient (Wildman–Crippen LogP) is 2.33. The Balaban J connectivity index is 2.11. The minimum Gasteiger partial charge on any atom is -0.491 e. The summed E-state index contributed by atoms with van der Waals surface area (Å²) in [6, 6.07) is 5.02. The molecule has 0 radical (unpaired) electrons. The second-order valence-electron chi connectivity index (χ2n) is 5.67. The zero-order chi connectivity index (χ0) is 17.7. The number of hydrogen-bond acceptors (Lipinski definition) is 4. The molecule has 0 saturated carbocycles. The van der Waals surface area contributed by atoms with Gasteiger partial charge in [0.05, 0.1) is 11.3 Å². The third-order valence-electron chi connectivity index (χ3n) is 3.87. The molecule has 1 heterocycles. The topological polar surface area (TPSA) is 84.2 Å². The first-order chi connectivity index (χ1) is 11.4. The normalized spacial score (nSPS) is 10.7. The molecular formula is C17H23ClN4O2. The van der Waals surface area contributed by atoms with Gasteiger partial charge in [0.15, 0.2) is 0 Å². The Labute approximate surface area is 146 Å². The van der Waals surface area contributed by atoms with Crippen LogP contribution in [-0.4, -0.2) is 47.7 Å². The van der Waals surface area contributed by atoms with E-state index in [0.29, 0.717) is 36.0 Å². The molecule has 1 aromatic heterocycles. The number of aromatic nitrogens is 2. The van der Waals surface area contributed by atoms with Gasteiger partial charge in [-0.25, -0.2) is 0 Å². The van der Waals surface area contributed by atoms with Crippen LogP contribution in [0.25, 0.3) is 0 Å². The maximum atomic E-state index is 12.7. The number of H-pyrrole nitrogens is 1. The van der Waals surface area contributed by atoms with Crippen LogP contribution in [0.15, 0.2) is 18.2 Å². The van der Waals surface area contributed by atoms with Gasteiger partial charge in [0.25, 0.3) is 5.91 Å². The van der Waals surface area contributed by atoms with E-state index in [1.165, 1.54) is 0 Å². The number of amides is 1. The van der Waals surface area contributed by atoms with E-state index in [0.717, 1.165) is 23.4 Å². The number of halogens is 1. The molecule has 3 N–H and O–H groups in total. The van der Waals surface area contributed by atoms with Gasteiger partial charge in [-0.1, -0.05) is 11.6 Å². The molecule has 0 bridgehead atoms. The van der Waals surface area contributed by atoms with Crippen LogP contribution in [0.2, 0.25) is 5.02 Å². The average molecular weight is 351 g/mol. The second-order valence-corrected chi connectivity index (χ2v) is 6.10. The van der Waals surface area contributed by atoms with Crippen molar-refractivity contribution in [3.05, 3.63) is 45.7 Å². The molecule has 0 aliphatic carbocycles. The molecule has 0 unspecified atom stereocenters. The number of nitrogens with zero attached hydrogens (tertiary/aromatic N) is 2. The van der Waals surface area contributed by atoms with E-state index in [9.17, 15) is 4.79 Å². The number of carbonyl (C=O) groups is 1. The van der Waals surface area contributed by atoms with Gasteiger partial charge >= 0.3 is 0 Å². The molecule has 7 heteroatoms. The van der Waals surface area contributed by atoms with Gasteiger partial charge < -0.3 is 15.4 Å². The maximum Gasteiger partial charge on any atom is 0.257 e. The molecule has 0 aliphatic heterocycles. The second kappa shape index (κ2) is 8.17. The maximum absolute atomic E-state index is 12.7. The van der Waals surface area contributed by atoms with Crippen molar-refractivity contribution in [1.82, 2.24) is 15.1 Å². The molecular weight excluding hydrogens is 328 g/mol. The van der Waals surface area contributed by atoms with Crippen molar-refractivity contribution in [3.63, 3.8) is 0 Å². The molecule has 0 atom stereocenters. The molecule has 0 aliphatic rings. The van der Waals surface area contributed by atoms with Crippen LogP contribution in [0.3, 0.4) is 0 Å². The summed E-state index contributed by atoms with van der Waals surface area (Å²) in [4.78, 5) is 14.4. The number of benzene rings is 1. The summed E-state index contributed by atoms with van der Waals surface area (Å²) in [6.45, 7) is 5.23. The van der Waals surface area contributed by atoms with Crippen molar-refractivity contribution in [2.45, 2.75) is 20.3 Å². The number of hydrogen-bond donors (Lipinski definition) is 2. The van der Waals surface area contributed by atoms with E-state index in [4.69, 9.17) is 22.1 Å². The fraction of sp³-hybridized carbons (Fsp3) is 0.412. The highest BCUT2D eigenvalue weighted by Gasteiger charge is 2.18. The summed E-state index contributed by atoms with van der Waals surface area (Å²) >= 11 is 6.04. The van der Waals surface area contributed by atoms with Crippen molar-refractivity contribution in [2.24, 2.45) is 5.73 Å². The summed E-state index contributed by atoms with van der Waals surface area (Å²) in [5, 5.41) is 7.63. The monoisotopic (exact) mass is 350 g/mol. The van der Waals surface area contributed by atoms with E-state index in [-0.39, 0.29) is 5.91 Å². The summed E-state index contributed by atoms with van der Waals surface area (Å²) in [7, 11) is 1.76. The Morgan fingerprint density at radius 1 is 1.42 bits per heavy atom.